The third-order valence-electron chi connectivity index (χ3n) is 3.31. The van der Waals surface area contributed by atoms with E-state index >= 15 is 0 Å². The van der Waals surface area contributed by atoms with E-state index in [4.69, 9.17) is 5.73 Å². The van der Waals surface area contributed by atoms with Gasteiger partial charge in [-0.2, -0.15) is 4.31 Å². The molecule has 1 aromatic rings. The Hall–Kier alpha value is -1.45. The smallest absolute Gasteiger partial charge is 0.325 e. The summed E-state index contributed by atoms with van der Waals surface area (Å²) in [6.07, 6.45) is 2.29. The zero-order chi connectivity index (χ0) is 14.0. The Morgan fingerprint density at radius 3 is 2.47 bits per heavy atom. The van der Waals surface area contributed by atoms with Crippen molar-refractivity contribution in [3.05, 3.63) is 27.0 Å². The average molecular weight is 288 g/mol. The molecule has 1 aromatic heterocycles. The molecule has 4 N–H and O–H groups in total. The van der Waals surface area contributed by atoms with Crippen LogP contribution in [0, 0.1) is 5.92 Å². The number of aromatic nitrogens is 2. The van der Waals surface area contributed by atoms with E-state index in [1.165, 1.54) is 4.31 Å². The topological polar surface area (TPSA) is 129 Å². The lowest BCUT2D eigenvalue weighted by Gasteiger charge is -2.30. The van der Waals surface area contributed by atoms with Crippen LogP contribution in [0.15, 0.2) is 20.7 Å². The molecule has 2 rings (SSSR count). The van der Waals surface area contributed by atoms with Crippen molar-refractivity contribution >= 4 is 10.0 Å². The molecule has 0 spiro atoms. The summed E-state index contributed by atoms with van der Waals surface area (Å²) in [7, 11) is -3.86. The molecular weight excluding hydrogens is 272 g/mol. The number of piperidine rings is 1. The van der Waals surface area contributed by atoms with Crippen LogP contribution in [-0.4, -0.2) is 42.3 Å². The minimum absolute atomic E-state index is 0.320. The standard InChI is InChI=1S/C10H16N4O4S/c11-5-7-1-3-14(4-2-7)19(17,18)8-6-12-10(16)13-9(8)15/h6-7H,1-5,11H2,(H2,12,13,15,16). The zero-order valence-electron chi connectivity index (χ0n) is 10.3. The predicted octanol–water partition coefficient (Wildman–Crippen LogP) is -1.58. The van der Waals surface area contributed by atoms with Crippen LogP contribution in [0.25, 0.3) is 0 Å². The molecule has 0 aromatic carbocycles. The van der Waals surface area contributed by atoms with Gasteiger partial charge in [0.1, 0.15) is 0 Å². The van der Waals surface area contributed by atoms with Crippen LogP contribution in [0.3, 0.4) is 0 Å². The largest absolute Gasteiger partial charge is 0.330 e. The van der Waals surface area contributed by atoms with Crippen molar-refractivity contribution in [2.24, 2.45) is 11.7 Å². The van der Waals surface area contributed by atoms with Gasteiger partial charge in [0, 0.05) is 19.3 Å². The van der Waals surface area contributed by atoms with Crippen molar-refractivity contribution in [3.63, 3.8) is 0 Å². The maximum absolute atomic E-state index is 12.3. The Morgan fingerprint density at radius 1 is 1.32 bits per heavy atom. The van der Waals surface area contributed by atoms with Gasteiger partial charge >= 0.3 is 5.69 Å². The lowest BCUT2D eigenvalue weighted by atomic mass is 9.99. The fraction of sp³-hybridized carbons (Fsp3) is 0.600. The molecular formula is C10H16N4O4S. The number of aromatic amines is 2. The van der Waals surface area contributed by atoms with E-state index in [2.05, 4.69) is 4.98 Å². The number of sulfonamides is 1. The molecule has 1 fully saturated rings. The number of hydrogen-bond donors (Lipinski definition) is 3. The van der Waals surface area contributed by atoms with Gasteiger partial charge in [-0.25, -0.2) is 13.2 Å². The fourth-order valence-corrected chi connectivity index (χ4v) is 3.58. The van der Waals surface area contributed by atoms with Gasteiger partial charge in [-0.15, -0.1) is 0 Å². The first-order valence-corrected chi connectivity index (χ1v) is 7.41. The number of nitrogens with two attached hydrogens (primary N) is 1. The summed E-state index contributed by atoms with van der Waals surface area (Å²) in [6.45, 7) is 1.21. The van der Waals surface area contributed by atoms with Gasteiger partial charge in [-0.1, -0.05) is 0 Å². The molecule has 2 heterocycles. The van der Waals surface area contributed by atoms with Crippen LogP contribution in [0.2, 0.25) is 0 Å². The molecule has 106 valence electrons. The summed E-state index contributed by atoms with van der Waals surface area (Å²) in [5.74, 6) is 0.320. The average Bonchev–Trinajstić information content (AvgIpc) is 2.38. The number of nitrogens with zero attached hydrogens (tertiary/aromatic N) is 1. The third-order valence-corrected chi connectivity index (χ3v) is 5.21. The van der Waals surface area contributed by atoms with Gasteiger partial charge in [0.25, 0.3) is 5.56 Å². The van der Waals surface area contributed by atoms with Crippen molar-refractivity contribution in [1.82, 2.24) is 14.3 Å². The van der Waals surface area contributed by atoms with E-state index in [0.717, 1.165) is 6.20 Å². The first-order chi connectivity index (χ1) is 8.95. The van der Waals surface area contributed by atoms with E-state index in [9.17, 15) is 18.0 Å². The molecule has 1 aliphatic heterocycles. The monoisotopic (exact) mass is 288 g/mol. The molecule has 1 aliphatic rings. The summed E-state index contributed by atoms with van der Waals surface area (Å²) in [6, 6.07) is 0. The van der Waals surface area contributed by atoms with Crippen molar-refractivity contribution < 1.29 is 8.42 Å². The van der Waals surface area contributed by atoms with Crippen molar-refractivity contribution in [2.45, 2.75) is 17.7 Å². The number of rotatable bonds is 3. The number of hydrogen-bond acceptors (Lipinski definition) is 5. The Balaban J connectivity index is 2.28. The molecule has 0 saturated carbocycles. The summed E-state index contributed by atoms with van der Waals surface area (Å²) in [5, 5.41) is 0. The highest BCUT2D eigenvalue weighted by atomic mass is 32.2. The molecule has 0 bridgehead atoms. The van der Waals surface area contributed by atoms with Gasteiger partial charge in [-0.05, 0) is 25.3 Å². The molecule has 0 amide bonds. The normalized spacial score (nSPS) is 18.6. The first kappa shape index (κ1) is 14.0. The first-order valence-electron chi connectivity index (χ1n) is 5.97. The quantitative estimate of drug-likeness (QED) is 0.618. The Bertz CT molecular complexity index is 655. The molecule has 0 atom stereocenters. The van der Waals surface area contributed by atoms with Crippen molar-refractivity contribution in [1.29, 1.82) is 0 Å². The van der Waals surface area contributed by atoms with Crippen molar-refractivity contribution in [3.8, 4) is 0 Å². The maximum Gasteiger partial charge on any atom is 0.325 e. The number of H-pyrrole nitrogens is 2. The lowest BCUT2D eigenvalue weighted by Crippen LogP contribution is -2.42. The highest BCUT2D eigenvalue weighted by Gasteiger charge is 2.30. The van der Waals surface area contributed by atoms with E-state index < -0.39 is 26.2 Å². The van der Waals surface area contributed by atoms with Gasteiger partial charge in [0.2, 0.25) is 10.0 Å². The highest BCUT2D eigenvalue weighted by Crippen LogP contribution is 2.21. The second-order valence-electron chi connectivity index (χ2n) is 4.52. The highest BCUT2D eigenvalue weighted by molar-refractivity contribution is 7.89. The van der Waals surface area contributed by atoms with Crippen molar-refractivity contribution in [2.75, 3.05) is 19.6 Å². The van der Waals surface area contributed by atoms with Crippen LogP contribution in [-0.2, 0) is 10.0 Å². The second-order valence-corrected chi connectivity index (χ2v) is 6.43. The third kappa shape index (κ3) is 2.77. The molecule has 0 unspecified atom stereocenters. The van der Waals surface area contributed by atoms with Crippen LogP contribution < -0.4 is 17.0 Å². The van der Waals surface area contributed by atoms with Gasteiger partial charge < -0.3 is 10.7 Å². The van der Waals surface area contributed by atoms with Gasteiger partial charge in [-0.3, -0.25) is 9.78 Å². The molecule has 0 aliphatic carbocycles. The fourth-order valence-electron chi connectivity index (χ4n) is 2.11. The van der Waals surface area contributed by atoms with Crippen LogP contribution in [0.1, 0.15) is 12.8 Å². The molecule has 19 heavy (non-hydrogen) atoms. The minimum atomic E-state index is -3.86. The lowest BCUT2D eigenvalue weighted by molar-refractivity contribution is 0.278. The summed E-state index contributed by atoms with van der Waals surface area (Å²) >= 11 is 0. The predicted molar refractivity (Wildman–Crippen MR) is 68.2 cm³/mol. The summed E-state index contributed by atoms with van der Waals surface area (Å²) in [4.78, 5) is 26.1. The summed E-state index contributed by atoms with van der Waals surface area (Å²) < 4.78 is 25.8. The zero-order valence-corrected chi connectivity index (χ0v) is 11.1. The van der Waals surface area contributed by atoms with Crippen LogP contribution in [0.4, 0.5) is 0 Å². The minimum Gasteiger partial charge on any atom is -0.330 e. The Kier molecular flexibility index (Phi) is 3.88. The maximum atomic E-state index is 12.3. The number of nitrogens with one attached hydrogen (secondary N) is 2. The molecule has 0 radical (unpaired) electrons. The van der Waals surface area contributed by atoms with Crippen LogP contribution in [0.5, 0.6) is 0 Å². The van der Waals surface area contributed by atoms with E-state index in [-0.39, 0.29) is 0 Å². The molecule has 1 saturated heterocycles. The molecule has 8 nitrogen and oxygen atoms in total. The SMILES string of the molecule is NCC1CCN(S(=O)(=O)c2c[nH]c(=O)[nH]c2=O)CC1. The van der Waals surface area contributed by atoms with E-state index in [1.807, 2.05) is 4.98 Å². The van der Waals surface area contributed by atoms with Gasteiger partial charge in [0.05, 0.1) is 0 Å². The van der Waals surface area contributed by atoms with Gasteiger partial charge in [0.15, 0.2) is 4.90 Å². The second kappa shape index (κ2) is 5.27. The molecule has 9 heteroatoms. The van der Waals surface area contributed by atoms with E-state index in [0.29, 0.717) is 38.4 Å². The summed E-state index contributed by atoms with van der Waals surface area (Å²) in [5.41, 5.74) is 3.92. The van der Waals surface area contributed by atoms with Crippen LogP contribution >= 0.6 is 0 Å². The van der Waals surface area contributed by atoms with E-state index in [1.54, 1.807) is 0 Å². The Labute approximate surface area is 109 Å². The Morgan fingerprint density at radius 2 is 1.95 bits per heavy atom.